The van der Waals surface area contributed by atoms with E-state index in [-0.39, 0.29) is 0 Å². The van der Waals surface area contributed by atoms with Crippen LogP contribution in [0, 0.1) is 0 Å². The van der Waals surface area contributed by atoms with E-state index in [1.807, 2.05) is 24.4 Å². The van der Waals surface area contributed by atoms with Gasteiger partial charge in [0.25, 0.3) is 0 Å². The van der Waals surface area contributed by atoms with E-state index in [0.29, 0.717) is 0 Å². The van der Waals surface area contributed by atoms with Crippen LogP contribution in [0.15, 0.2) is 53.7 Å². The lowest BCUT2D eigenvalue weighted by atomic mass is 10.0. The molecule has 0 fully saturated rings. The van der Waals surface area contributed by atoms with Crippen molar-refractivity contribution < 1.29 is 4.42 Å². The highest BCUT2D eigenvalue weighted by molar-refractivity contribution is 5.63. The van der Waals surface area contributed by atoms with Gasteiger partial charge in [0.15, 0.2) is 0 Å². The van der Waals surface area contributed by atoms with Crippen molar-refractivity contribution in [3.8, 4) is 11.3 Å². The molecule has 4 rings (SSSR count). The predicted octanol–water partition coefficient (Wildman–Crippen LogP) is 2.74. The molecule has 5 heteroatoms. The summed E-state index contributed by atoms with van der Waals surface area (Å²) in [7, 11) is 0. The summed E-state index contributed by atoms with van der Waals surface area (Å²) in [5, 5.41) is 0. The van der Waals surface area contributed by atoms with E-state index in [1.165, 1.54) is 5.56 Å². The first-order valence-electron chi connectivity index (χ1n) is 7.43. The third-order valence-electron chi connectivity index (χ3n) is 4.05. The van der Waals surface area contributed by atoms with E-state index in [4.69, 9.17) is 4.42 Å². The maximum Gasteiger partial charge on any atom is 0.128 e. The molecule has 0 N–H and O–H groups in total. The molecule has 3 aromatic heterocycles. The van der Waals surface area contributed by atoms with Crippen LogP contribution >= 0.6 is 0 Å². The predicted molar refractivity (Wildman–Crippen MR) is 83.6 cm³/mol. The highest BCUT2D eigenvalue weighted by Gasteiger charge is 2.20. The van der Waals surface area contributed by atoms with Crippen LogP contribution in [0.25, 0.3) is 11.3 Å². The summed E-state index contributed by atoms with van der Waals surface area (Å²) < 4.78 is 5.20. The zero-order valence-corrected chi connectivity index (χ0v) is 12.1. The molecule has 3 aromatic rings. The SMILES string of the molecule is c1ccc(N2CCc3ncnc(-c4ccoc4)c3CC2)nc1. The molecular formula is C17H16N4O. The van der Waals surface area contributed by atoms with Gasteiger partial charge >= 0.3 is 0 Å². The quantitative estimate of drug-likeness (QED) is 0.727. The van der Waals surface area contributed by atoms with Crippen LogP contribution in [-0.2, 0) is 12.8 Å². The Morgan fingerprint density at radius 3 is 2.77 bits per heavy atom. The van der Waals surface area contributed by atoms with Gasteiger partial charge in [-0.05, 0) is 24.6 Å². The van der Waals surface area contributed by atoms with Gasteiger partial charge in [0, 0.05) is 42.5 Å². The van der Waals surface area contributed by atoms with Gasteiger partial charge in [-0.2, -0.15) is 0 Å². The van der Waals surface area contributed by atoms with Gasteiger partial charge in [0.05, 0.1) is 18.2 Å². The Morgan fingerprint density at radius 1 is 1.00 bits per heavy atom. The molecule has 1 aliphatic rings. The number of pyridine rings is 1. The average molecular weight is 292 g/mol. The smallest absolute Gasteiger partial charge is 0.128 e. The summed E-state index contributed by atoms with van der Waals surface area (Å²) in [6.45, 7) is 1.84. The third kappa shape index (κ3) is 2.35. The second-order valence-corrected chi connectivity index (χ2v) is 5.33. The molecule has 0 amide bonds. The van der Waals surface area contributed by atoms with Gasteiger partial charge in [-0.3, -0.25) is 0 Å². The Kier molecular flexibility index (Phi) is 3.31. The Morgan fingerprint density at radius 2 is 1.95 bits per heavy atom. The zero-order chi connectivity index (χ0) is 14.8. The van der Waals surface area contributed by atoms with E-state index in [9.17, 15) is 0 Å². The zero-order valence-electron chi connectivity index (χ0n) is 12.1. The lowest BCUT2D eigenvalue weighted by Gasteiger charge is -2.20. The van der Waals surface area contributed by atoms with E-state index in [0.717, 1.165) is 48.7 Å². The molecular weight excluding hydrogens is 276 g/mol. The second-order valence-electron chi connectivity index (χ2n) is 5.33. The van der Waals surface area contributed by atoms with E-state index in [2.05, 4.69) is 25.9 Å². The number of nitrogens with zero attached hydrogens (tertiary/aromatic N) is 4. The monoisotopic (exact) mass is 292 g/mol. The number of rotatable bonds is 2. The maximum atomic E-state index is 5.20. The average Bonchev–Trinajstić information content (AvgIpc) is 3.02. The van der Waals surface area contributed by atoms with Crippen molar-refractivity contribution in [3.05, 3.63) is 60.6 Å². The highest BCUT2D eigenvalue weighted by Crippen LogP contribution is 2.26. The normalized spacial score (nSPS) is 14.5. The molecule has 110 valence electrons. The van der Waals surface area contributed by atoms with Crippen LogP contribution in [0.1, 0.15) is 11.3 Å². The lowest BCUT2D eigenvalue weighted by molar-refractivity contribution is 0.568. The number of hydrogen-bond donors (Lipinski definition) is 0. The fraction of sp³-hybridized carbons (Fsp3) is 0.235. The first kappa shape index (κ1) is 13.0. The Hall–Kier alpha value is -2.69. The van der Waals surface area contributed by atoms with Crippen molar-refractivity contribution in [2.24, 2.45) is 0 Å². The van der Waals surface area contributed by atoms with E-state index in [1.54, 1.807) is 18.9 Å². The minimum absolute atomic E-state index is 0.902. The van der Waals surface area contributed by atoms with Crippen molar-refractivity contribution in [1.82, 2.24) is 15.0 Å². The molecule has 0 atom stereocenters. The van der Waals surface area contributed by atoms with Gasteiger partial charge in [-0.15, -0.1) is 0 Å². The Balaban J connectivity index is 1.66. The maximum absolute atomic E-state index is 5.20. The van der Waals surface area contributed by atoms with Crippen LogP contribution in [0.3, 0.4) is 0 Å². The van der Waals surface area contributed by atoms with Crippen LogP contribution in [-0.4, -0.2) is 28.0 Å². The second kappa shape index (κ2) is 5.60. The van der Waals surface area contributed by atoms with Crippen molar-refractivity contribution in [2.75, 3.05) is 18.0 Å². The lowest BCUT2D eigenvalue weighted by Crippen LogP contribution is -2.26. The topological polar surface area (TPSA) is 55.1 Å². The van der Waals surface area contributed by atoms with Crippen LogP contribution in [0.2, 0.25) is 0 Å². The van der Waals surface area contributed by atoms with Gasteiger partial charge in [0.1, 0.15) is 12.1 Å². The molecule has 0 unspecified atom stereocenters. The molecule has 0 spiro atoms. The summed E-state index contributed by atoms with van der Waals surface area (Å²) in [4.78, 5) is 15.7. The number of anilines is 1. The first-order chi connectivity index (χ1) is 10.9. The number of furan rings is 1. The molecule has 0 aliphatic carbocycles. The third-order valence-corrected chi connectivity index (χ3v) is 4.05. The van der Waals surface area contributed by atoms with Crippen LogP contribution < -0.4 is 4.90 Å². The molecule has 0 aromatic carbocycles. The van der Waals surface area contributed by atoms with E-state index < -0.39 is 0 Å². The Bertz CT molecular complexity index is 756. The summed E-state index contributed by atoms with van der Waals surface area (Å²) >= 11 is 0. The summed E-state index contributed by atoms with van der Waals surface area (Å²) in [5.74, 6) is 1.02. The summed E-state index contributed by atoms with van der Waals surface area (Å²) in [6.07, 6.45) is 8.72. The Labute approximate surface area is 128 Å². The van der Waals surface area contributed by atoms with Crippen molar-refractivity contribution in [3.63, 3.8) is 0 Å². The van der Waals surface area contributed by atoms with Crippen LogP contribution in [0.4, 0.5) is 5.82 Å². The standard InChI is InChI=1S/C17H16N4O/c1-2-7-18-16(3-1)21-8-4-14-15(5-9-21)19-12-20-17(14)13-6-10-22-11-13/h1-3,6-7,10-12H,4-5,8-9H2. The molecule has 0 saturated carbocycles. The van der Waals surface area contributed by atoms with Gasteiger partial charge in [-0.25, -0.2) is 15.0 Å². The van der Waals surface area contributed by atoms with Crippen LogP contribution in [0.5, 0.6) is 0 Å². The largest absolute Gasteiger partial charge is 0.472 e. The molecule has 0 saturated heterocycles. The van der Waals surface area contributed by atoms with Gasteiger partial charge in [-0.1, -0.05) is 6.07 Å². The molecule has 0 bridgehead atoms. The number of aromatic nitrogens is 3. The highest BCUT2D eigenvalue weighted by atomic mass is 16.3. The fourth-order valence-electron chi connectivity index (χ4n) is 2.94. The molecule has 1 aliphatic heterocycles. The first-order valence-corrected chi connectivity index (χ1v) is 7.43. The summed E-state index contributed by atoms with van der Waals surface area (Å²) in [6, 6.07) is 7.97. The van der Waals surface area contributed by atoms with Crippen molar-refractivity contribution in [2.45, 2.75) is 12.8 Å². The van der Waals surface area contributed by atoms with Gasteiger partial charge in [0.2, 0.25) is 0 Å². The minimum Gasteiger partial charge on any atom is -0.472 e. The van der Waals surface area contributed by atoms with Crippen molar-refractivity contribution in [1.29, 1.82) is 0 Å². The molecule has 5 nitrogen and oxygen atoms in total. The minimum atomic E-state index is 0.902. The van der Waals surface area contributed by atoms with E-state index >= 15 is 0 Å². The molecule has 0 radical (unpaired) electrons. The fourth-order valence-corrected chi connectivity index (χ4v) is 2.94. The molecule has 22 heavy (non-hydrogen) atoms. The molecule has 4 heterocycles. The van der Waals surface area contributed by atoms with Crippen molar-refractivity contribution >= 4 is 5.82 Å². The number of fused-ring (bicyclic) bond motifs is 1. The summed E-state index contributed by atoms with van der Waals surface area (Å²) in [5.41, 5.74) is 4.36. The number of hydrogen-bond acceptors (Lipinski definition) is 5. The van der Waals surface area contributed by atoms with Gasteiger partial charge < -0.3 is 9.32 Å².